The lowest BCUT2D eigenvalue weighted by Gasteiger charge is -2.32. The van der Waals surface area contributed by atoms with Crippen LogP contribution in [0.25, 0.3) is 0 Å². The van der Waals surface area contributed by atoms with Crippen LogP contribution in [0.5, 0.6) is 23.0 Å². The van der Waals surface area contributed by atoms with E-state index in [4.69, 9.17) is 9.47 Å². The number of carbonyl (C=O) groups excluding carboxylic acids is 4. The van der Waals surface area contributed by atoms with Crippen molar-refractivity contribution in [3.63, 3.8) is 0 Å². The maximum Gasteiger partial charge on any atom is 0.266 e. The fourth-order valence-electron chi connectivity index (χ4n) is 7.05. The van der Waals surface area contributed by atoms with Gasteiger partial charge in [-0.15, -0.1) is 0 Å². The van der Waals surface area contributed by atoms with E-state index in [9.17, 15) is 24.4 Å². The fourth-order valence-corrected chi connectivity index (χ4v) is 7.05. The molecule has 0 bridgehead atoms. The maximum atomic E-state index is 13.4. The van der Waals surface area contributed by atoms with Crippen LogP contribution in [-0.4, -0.2) is 35.6 Å². The highest BCUT2D eigenvalue weighted by atomic mass is 16.5. The SMILES string of the molecule is Cc1cccc(N2C(=O)c3ccc(Oc4ccc(C(C)(c5ccc(C#N)cc5)c5ccc(Oc6ccc7c(c6)C(=O)N(C)C7=O)cc5)cc4)cc3C2=O)c1. The van der Waals surface area contributed by atoms with Crippen molar-refractivity contribution in [3.05, 3.63) is 184 Å². The molecule has 1 unspecified atom stereocenters. The molecular formula is C45H31N3O6. The van der Waals surface area contributed by atoms with Crippen LogP contribution in [0, 0.1) is 18.3 Å². The third-order valence-electron chi connectivity index (χ3n) is 10.1. The van der Waals surface area contributed by atoms with Gasteiger partial charge in [0.05, 0.1) is 39.6 Å². The van der Waals surface area contributed by atoms with Crippen LogP contribution in [0.2, 0.25) is 0 Å². The monoisotopic (exact) mass is 709 g/mol. The summed E-state index contributed by atoms with van der Waals surface area (Å²) < 4.78 is 12.3. The lowest BCUT2D eigenvalue weighted by atomic mass is 9.71. The number of hydrogen-bond donors (Lipinski definition) is 0. The molecule has 0 aromatic heterocycles. The van der Waals surface area contributed by atoms with Gasteiger partial charge in [-0.25, -0.2) is 4.90 Å². The zero-order valence-electron chi connectivity index (χ0n) is 29.5. The Kier molecular flexibility index (Phi) is 8.16. The standard InChI is InChI=1S/C45H31N3O6/c1-27-5-4-6-32(23-27)48-43(51)38-22-20-36(25-40(38)44(48)52)54-34-17-13-31(14-18-34)45(2,29-9-7-28(26-46)8-10-29)30-11-15-33(16-12-30)53-35-19-21-37-39(24-35)42(50)47(3)41(37)49/h4-25H,1-3H3. The highest BCUT2D eigenvalue weighted by Gasteiger charge is 2.37. The Balaban J connectivity index is 1.06. The molecule has 2 aliphatic heterocycles. The molecule has 8 rings (SSSR count). The number of aryl methyl sites for hydroxylation is 1. The Morgan fingerprint density at radius 3 is 1.50 bits per heavy atom. The quantitative estimate of drug-likeness (QED) is 0.115. The topological polar surface area (TPSA) is 117 Å². The van der Waals surface area contributed by atoms with Crippen molar-refractivity contribution in [3.8, 4) is 29.1 Å². The van der Waals surface area contributed by atoms with Crippen LogP contribution in [0.3, 0.4) is 0 Å². The molecule has 6 aromatic rings. The van der Waals surface area contributed by atoms with Crippen LogP contribution in [0.1, 0.15) is 76.2 Å². The Bertz CT molecular complexity index is 2570. The summed E-state index contributed by atoms with van der Waals surface area (Å²) in [5.41, 5.74) is 5.45. The average molecular weight is 710 g/mol. The first-order valence-electron chi connectivity index (χ1n) is 17.2. The number of nitriles is 1. The van der Waals surface area contributed by atoms with Gasteiger partial charge in [-0.2, -0.15) is 5.26 Å². The van der Waals surface area contributed by atoms with Gasteiger partial charge >= 0.3 is 0 Å². The first kappa shape index (κ1) is 33.8. The molecule has 2 heterocycles. The van der Waals surface area contributed by atoms with Crippen molar-refractivity contribution in [1.82, 2.24) is 4.90 Å². The molecule has 54 heavy (non-hydrogen) atoms. The molecule has 6 aromatic carbocycles. The Labute approximate surface area is 311 Å². The molecule has 0 fully saturated rings. The second-order valence-corrected chi connectivity index (χ2v) is 13.4. The summed E-state index contributed by atoms with van der Waals surface area (Å²) in [6.45, 7) is 4.01. The predicted octanol–water partition coefficient (Wildman–Crippen LogP) is 8.83. The van der Waals surface area contributed by atoms with Crippen LogP contribution in [0.15, 0.2) is 133 Å². The van der Waals surface area contributed by atoms with Crippen LogP contribution < -0.4 is 14.4 Å². The summed E-state index contributed by atoms with van der Waals surface area (Å²) in [5, 5.41) is 9.46. The lowest BCUT2D eigenvalue weighted by molar-refractivity contribution is 0.0692. The van der Waals surface area contributed by atoms with Crippen molar-refractivity contribution in [1.29, 1.82) is 5.26 Å². The number of benzene rings is 6. The minimum absolute atomic E-state index is 0.281. The summed E-state index contributed by atoms with van der Waals surface area (Å²) >= 11 is 0. The normalized spacial score (nSPS) is 14.4. The smallest absolute Gasteiger partial charge is 0.266 e. The maximum absolute atomic E-state index is 13.4. The van der Waals surface area contributed by atoms with Crippen molar-refractivity contribution >= 4 is 29.3 Å². The minimum atomic E-state index is -0.671. The number of anilines is 1. The number of imide groups is 2. The zero-order chi connectivity index (χ0) is 37.7. The van der Waals surface area contributed by atoms with Crippen molar-refractivity contribution < 1.29 is 28.7 Å². The molecule has 0 radical (unpaired) electrons. The minimum Gasteiger partial charge on any atom is -0.457 e. The van der Waals surface area contributed by atoms with Gasteiger partial charge in [-0.3, -0.25) is 24.1 Å². The predicted molar refractivity (Wildman–Crippen MR) is 201 cm³/mol. The highest BCUT2D eigenvalue weighted by Crippen LogP contribution is 2.41. The third-order valence-corrected chi connectivity index (χ3v) is 10.1. The number of ether oxygens (including phenoxy) is 2. The van der Waals surface area contributed by atoms with Crippen LogP contribution in [0.4, 0.5) is 5.69 Å². The van der Waals surface area contributed by atoms with Gasteiger partial charge in [0.1, 0.15) is 23.0 Å². The Morgan fingerprint density at radius 1 is 0.537 bits per heavy atom. The molecule has 9 nitrogen and oxygen atoms in total. The number of carbonyl (C=O) groups is 4. The van der Waals surface area contributed by atoms with Crippen LogP contribution >= 0.6 is 0 Å². The van der Waals surface area contributed by atoms with E-state index in [-0.39, 0.29) is 23.3 Å². The molecule has 0 N–H and O–H groups in total. The molecule has 2 aliphatic rings. The average Bonchev–Trinajstić information content (AvgIpc) is 3.57. The Hall–Kier alpha value is -7.31. The number of amides is 4. The molecule has 4 amide bonds. The Morgan fingerprint density at radius 2 is 0.981 bits per heavy atom. The van der Waals surface area contributed by atoms with E-state index in [1.54, 1.807) is 60.7 Å². The summed E-state index contributed by atoms with van der Waals surface area (Å²) in [7, 11) is 1.46. The van der Waals surface area contributed by atoms with Crippen molar-refractivity contribution in [2.24, 2.45) is 0 Å². The highest BCUT2D eigenvalue weighted by molar-refractivity contribution is 6.34. The molecule has 0 saturated carbocycles. The van der Waals surface area contributed by atoms with Gasteiger partial charge in [0.25, 0.3) is 23.6 Å². The van der Waals surface area contributed by atoms with E-state index in [1.807, 2.05) is 79.7 Å². The zero-order valence-corrected chi connectivity index (χ0v) is 29.5. The summed E-state index contributed by atoms with van der Waals surface area (Å²) in [5.74, 6) is 0.470. The van der Waals surface area contributed by atoms with Gasteiger partial charge < -0.3 is 9.47 Å². The van der Waals surface area contributed by atoms with Crippen LogP contribution in [-0.2, 0) is 5.41 Å². The molecule has 0 aliphatic carbocycles. The van der Waals surface area contributed by atoms with Crippen molar-refractivity contribution in [2.45, 2.75) is 19.3 Å². The fraction of sp³-hybridized carbons (Fsp3) is 0.0889. The second kappa shape index (κ2) is 13.0. The van der Waals surface area contributed by atoms with E-state index in [0.29, 0.717) is 50.9 Å². The molecule has 0 spiro atoms. The lowest BCUT2D eigenvalue weighted by Crippen LogP contribution is -2.29. The molecular weight excluding hydrogens is 679 g/mol. The largest absolute Gasteiger partial charge is 0.457 e. The summed E-state index contributed by atoms with van der Waals surface area (Å²) in [6, 6.07) is 41.9. The molecule has 9 heteroatoms. The van der Waals surface area contributed by atoms with Gasteiger partial charge in [0, 0.05) is 12.5 Å². The van der Waals surface area contributed by atoms with Gasteiger partial charge in [-0.1, -0.05) is 48.5 Å². The number of fused-ring (bicyclic) bond motifs is 2. The first-order valence-corrected chi connectivity index (χ1v) is 17.2. The molecule has 262 valence electrons. The molecule has 0 saturated heterocycles. The van der Waals surface area contributed by atoms with E-state index in [2.05, 4.69) is 13.0 Å². The third kappa shape index (κ3) is 5.67. The number of hydrogen-bond acceptors (Lipinski definition) is 7. The molecule has 1 atom stereocenters. The first-order chi connectivity index (χ1) is 26.0. The van der Waals surface area contributed by atoms with E-state index >= 15 is 0 Å². The van der Waals surface area contributed by atoms with Gasteiger partial charge in [0.15, 0.2) is 0 Å². The number of nitrogens with zero attached hydrogens (tertiary/aromatic N) is 3. The summed E-state index contributed by atoms with van der Waals surface area (Å²) in [6.07, 6.45) is 0. The van der Waals surface area contributed by atoms with E-state index in [1.165, 1.54) is 11.9 Å². The van der Waals surface area contributed by atoms with E-state index in [0.717, 1.165) is 27.2 Å². The second-order valence-electron chi connectivity index (χ2n) is 13.4. The van der Waals surface area contributed by atoms with Crippen molar-refractivity contribution in [2.75, 3.05) is 11.9 Å². The van der Waals surface area contributed by atoms with Gasteiger partial charge in [-0.05, 0) is 121 Å². The van der Waals surface area contributed by atoms with E-state index < -0.39 is 11.3 Å². The summed E-state index contributed by atoms with van der Waals surface area (Å²) in [4.78, 5) is 53.7. The van der Waals surface area contributed by atoms with Gasteiger partial charge in [0.2, 0.25) is 0 Å². The number of rotatable bonds is 8.